The topological polar surface area (TPSA) is 150 Å². The van der Waals surface area contributed by atoms with Crippen LogP contribution in [0.3, 0.4) is 0 Å². The zero-order valence-electron chi connectivity index (χ0n) is 25.5. The van der Waals surface area contributed by atoms with E-state index in [1.807, 2.05) is 44.2 Å². The van der Waals surface area contributed by atoms with Crippen LogP contribution in [0.2, 0.25) is 0 Å². The van der Waals surface area contributed by atoms with Crippen LogP contribution in [0.1, 0.15) is 78.2 Å². The number of carbonyl (C=O) groups excluding carboxylic acids is 3. The Labute approximate surface area is 250 Å². The molecule has 2 aliphatic carbocycles. The molecule has 2 aliphatic rings. The Morgan fingerprint density at radius 2 is 1.67 bits per heavy atom. The van der Waals surface area contributed by atoms with Crippen molar-refractivity contribution in [1.82, 2.24) is 14.9 Å². The highest BCUT2D eigenvalue weighted by Crippen LogP contribution is 2.63. The third kappa shape index (κ3) is 7.78. The van der Waals surface area contributed by atoms with Crippen LogP contribution in [0, 0.1) is 23.2 Å². The monoisotopic (exact) mass is 605 g/mol. The molecule has 10 nitrogen and oxygen atoms in total. The number of hydrogen-bond acceptors (Lipinski definition) is 6. The predicted octanol–water partition coefficient (Wildman–Crippen LogP) is 3.16. The molecule has 2 amide bonds. The molecular formula is C31H47N3O7S. The summed E-state index contributed by atoms with van der Waals surface area (Å²) in [5.41, 5.74) is 0.107. The fourth-order valence-electron chi connectivity index (χ4n) is 7.02. The van der Waals surface area contributed by atoms with Gasteiger partial charge in [-0.15, -0.1) is 0 Å². The van der Waals surface area contributed by atoms with E-state index in [1.54, 1.807) is 13.8 Å². The van der Waals surface area contributed by atoms with Gasteiger partial charge in [-0.05, 0) is 61.3 Å². The van der Waals surface area contributed by atoms with Crippen LogP contribution in [-0.4, -0.2) is 72.3 Å². The van der Waals surface area contributed by atoms with Gasteiger partial charge in [-0.2, -0.15) is 4.31 Å². The van der Waals surface area contributed by atoms with Crippen LogP contribution in [0.5, 0.6) is 0 Å². The molecule has 2 fully saturated rings. The maximum atomic E-state index is 13.6. The van der Waals surface area contributed by atoms with Crippen LogP contribution < -0.4 is 10.6 Å². The average Bonchev–Trinajstić information content (AvgIpc) is 3.31. The number of carbonyl (C=O) groups is 4. The summed E-state index contributed by atoms with van der Waals surface area (Å²) >= 11 is 0. The molecule has 1 aromatic carbocycles. The van der Waals surface area contributed by atoms with Crippen molar-refractivity contribution in [2.75, 3.05) is 19.3 Å². The van der Waals surface area contributed by atoms with Gasteiger partial charge in [0.2, 0.25) is 21.8 Å². The van der Waals surface area contributed by atoms with Crippen molar-refractivity contribution < 1.29 is 32.7 Å². The summed E-state index contributed by atoms with van der Waals surface area (Å²) in [6, 6.07) is 8.47. The molecule has 0 radical (unpaired) electrons. The van der Waals surface area contributed by atoms with Crippen LogP contribution >= 0.6 is 0 Å². The van der Waals surface area contributed by atoms with Crippen molar-refractivity contribution in [3.63, 3.8) is 0 Å². The molecule has 2 saturated carbocycles. The fraction of sp³-hybridized carbons (Fsp3) is 0.677. The number of nitrogens with zero attached hydrogens (tertiary/aromatic N) is 1. The predicted molar refractivity (Wildman–Crippen MR) is 160 cm³/mol. The first kappa shape index (κ1) is 33.7. The second-order valence-corrected chi connectivity index (χ2v) is 14.8. The molecule has 11 heteroatoms. The summed E-state index contributed by atoms with van der Waals surface area (Å²) in [6.07, 6.45) is 4.83. The first-order chi connectivity index (χ1) is 19.6. The minimum absolute atomic E-state index is 0.114. The minimum Gasteiger partial charge on any atom is -0.481 e. The standard InChI is InChI=1S/C31H47N3O7S/c1-21(2)24(18-27(36)32-17-9-12-22-10-7-6-8-11-22)29(39)33-25(19-28(37)38)26(35)20-34(42(5,40)41)31-15-13-23(14-16-31)30(31,3)4/h6-8,10-11,21,23-25H,9,12-20H2,1-5H3,(H,32,36)(H,33,39)(H,37,38). The Morgan fingerprint density at radius 1 is 1.05 bits per heavy atom. The van der Waals surface area contributed by atoms with E-state index >= 15 is 0 Å². The average molecular weight is 606 g/mol. The van der Waals surface area contributed by atoms with E-state index in [0.29, 0.717) is 25.3 Å². The molecular weight excluding hydrogens is 558 g/mol. The SMILES string of the molecule is CC(C)C(CC(=O)NCCCc1ccccc1)C(=O)NC(CC(=O)O)C(=O)CN(C12CCC(CC1)C2(C)C)S(C)(=O)=O. The van der Waals surface area contributed by atoms with E-state index in [4.69, 9.17) is 0 Å². The number of fused-ring (bicyclic) bond motifs is 2. The van der Waals surface area contributed by atoms with Gasteiger partial charge in [0, 0.05) is 24.4 Å². The molecule has 2 atom stereocenters. The van der Waals surface area contributed by atoms with E-state index in [0.717, 1.165) is 31.9 Å². The van der Waals surface area contributed by atoms with Gasteiger partial charge < -0.3 is 15.7 Å². The lowest BCUT2D eigenvalue weighted by Crippen LogP contribution is -2.59. The van der Waals surface area contributed by atoms with Gasteiger partial charge in [0.1, 0.15) is 0 Å². The first-order valence-electron chi connectivity index (χ1n) is 14.9. The summed E-state index contributed by atoms with van der Waals surface area (Å²) in [4.78, 5) is 51.3. The number of rotatable bonds is 16. The summed E-state index contributed by atoms with van der Waals surface area (Å²) in [7, 11) is -3.82. The number of hydrogen-bond donors (Lipinski definition) is 3. The zero-order chi connectivity index (χ0) is 31.3. The second-order valence-electron chi connectivity index (χ2n) is 12.9. The Morgan fingerprint density at radius 3 is 2.17 bits per heavy atom. The Balaban J connectivity index is 1.67. The quantitative estimate of drug-likeness (QED) is 0.245. The number of aryl methyl sites for hydroxylation is 1. The van der Waals surface area contributed by atoms with Crippen LogP contribution in [0.25, 0.3) is 0 Å². The molecule has 42 heavy (non-hydrogen) atoms. The van der Waals surface area contributed by atoms with Crippen molar-refractivity contribution in [2.45, 2.75) is 90.6 Å². The van der Waals surface area contributed by atoms with Crippen molar-refractivity contribution in [2.24, 2.45) is 23.2 Å². The third-order valence-corrected chi connectivity index (χ3v) is 10.9. The lowest BCUT2D eigenvalue weighted by atomic mass is 9.76. The largest absolute Gasteiger partial charge is 0.481 e. The second kappa shape index (κ2) is 13.7. The van der Waals surface area contributed by atoms with E-state index in [-0.39, 0.29) is 23.7 Å². The molecule has 2 bridgehead atoms. The van der Waals surface area contributed by atoms with E-state index in [2.05, 4.69) is 10.6 Å². The summed E-state index contributed by atoms with van der Waals surface area (Å²) in [5.74, 6) is -3.59. The smallest absolute Gasteiger partial charge is 0.305 e. The molecule has 0 spiro atoms. The van der Waals surface area contributed by atoms with Crippen LogP contribution in [0.15, 0.2) is 30.3 Å². The van der Waals surface area contributed by atoms with E-state index < -0.39 is 58.1 Å². The molecule has 3 rings (SSSR count). The maximum absolute atomic E-state index is 13.6. The number of Topliss-reactive ketones (excluding diaryl/α,β-unsaturated/α-hetero) is 1. The molecule has 0 aromatic heterocycles. The number of nitrogens with one attached hydrogen (secondary N) is 2. The van der Waals surface area contributed by atoms with Crippen LogP contribution in [-0.2, 0) is 35.6 Å². The molecule has 0 saturated heterocycles. The Bertz CT molecular complexity index is 1240. The molecule has 1 aromatic rings. The van der Waals surface area contributed by atoms with Gasteiger partial charge in [0.05, 0.1) is 25.3 Å². The van der Waals surface area contributed by atoms with Crippen molar-refractivity contribution in [3.8, 4) is 0 Å². The molecule has 3 N–H and O–H groups in total. The number of benzene rings is 1. The first-order valence-corrected chi connectivity index (χ1v) is 16.8. The summed E-state index contributed by atoms with van der Waals surface area (Å²) in [5, 5.41) is 14.9. The van der Waals surface area contributed by atoms with Gasteiger partial charge >= 0.3 is 5.97 Å². The van der Waals surface area contributed by atoms with Crippen molar-refractivity contribution in [3.05, 3.63) is 35.9 Å². The van der Waals surface area contributed by atoms with Gasteiger partial charge in [0.25, 0.3) is 0 Å². The fourth-order valence-corrected chi connectivity index (χ4v) is 8.43. The van der Waals surface area contributed by atoms with E-state index in [1.165, 1.54) is 9.87 Å². The number of carboxylic acids is 1. The van der Waals surface area contributed by atoms with Crippen molar-refractivity contribution in [1.29, 1.82) is 0 Å². The highest BCUT2D eigenvalue weighted by molar-refractivity contribution is 7.88. The lowest BCUT2D eigenvalue weighted by Gasteiger charge is -2.46. The van der Waals surface area contributed by atoms with Gasteiger partial charge in [-0.25, -0.2) is 8.42 Å². The normalized spacial score (nSPS) is 22.6. The number of amides is 2. The van der Waals surface area contributed by atoms with E-state index in [9.17, 15) is 32.7 Å². The van der Waals surface area contributed by atoms with Crippen LogP contribution in [0.4, 0.5) is 0 Å². The Hall–Kier alpha value is -2.79. The van der Waals surface area contributed by atoms with Crippen molar-refractivity contribution >= 4 is 33.6 Å². The summed E-state index contributed by atoms with van der Waals surface area (Å²) in [6.45, 7) is 7.57. The highest BCUT2D eigenvalue weighted by atomic mass is 32.2. The highest BCUT2D eigenvalue weighted by Gasteiger charge is 2.63. The third-order valence-electron chi connectivity index (χ3n) is 9.65. The molecule has 234 valence electrons. The van der Waals surface area contributed by atoms with Gasteiger partial charge in [-0.3, -0.25) is 19.2 Å². The maximum Gasteiger partial charge on any atom is 0.305 e. The van der Waals surface area contributed by atoms with Gasteiger partial charge in [-0.1, -0.05) is 58.0 Å². The Kier molecular flexibility index (Phi) is 11.0. The van der Waals surface area contributed by atoms with Gasteiger partial charge in [0.15, 0.2) is 5.78 Å². The molecule has 0 aliphatic heterocycles. The number of aliphatic carboxylic acids is 1. The number of sulfonamides is 1. The molecule has 2 unspecified atom stereocenters. The number of carboxylic acid groups (broad SMARTS) is 1. The number of ketones is 1. The minimum atomic E-state index is -3.82. The summed E-state index contributed by atoms with van der Waals surface area (Å²) < 4.78 is 27.3. The lowest BCUT2D eigenvalue weighted by molar-refractivity contribution is -0.141. The molecule has 0 heterocycles. The zero-order valence-corrected chi connectivity index (χ0v) is 26.3.